The molecule has 0 bridgehead atoms. The minimum Gasteiger partial charge on any atom is -0.399 e. The van der Waals surface area contributed by atoms with Crippen molar-refractivity contribution in [2.24, 2.45) is 0 Å². The highest BCUT2D eigenvalue weighted by Crippen LogP contribution is 2.29. The van der Waals surface area contributed by atoms with Gasteiger partial charge in [-0.2, -0.15) is 4.31 Å². The average Bonchev–Trinajstić information content (AvgIpc) is 2.81. The molecule has 1 aromatic heterocycles. The number of aromatic amines is 1. The molecule has 0 saturated carbocycles. The van der Waals surface area contributed by atoms with E-state index in [1.54, 1.807) is 28.7 Å². The molecule has 0 radical (unpaired) electrons. The van der Waals surface area contributed by atoms with Gasteiger partial charge in [0.2, 0.25) is 10.0 Å². The number of piperazine rings is 1. The maximum atomic E-state index is 12.9. The highest BCUT2D eigenvalue weighted by molar-refractivity contribution is 7.89. The van der Waals surface area contributed by atoms with Crippen molar-refractivity contribution in [2.75, 3.05) is 32.4 Å². The van der Waals surface area contributed by atoms with Crippen molar-refractivity contribution in [1.29, 1.82) is 0 Å². The third-order valence-corrected chi connectivity index (χ3v) is 6.08. The lowest BCUT2D eigenvalue weighted by Gasteiger charge is -2.37. The Morgan fingerprint density at radius 3 is 2.81 bits per heavy atom. The minimum absolute atomic E-state index is 0.0419. The van der Waals surface area contributed by atoms with Crippen LogP contribution in [-0.4, -0.2) is 55.3 Å². The molecule has 2 heterocycles. The second-order valence-corrected chi connectivity index (χ2v) is 7.54. The van der Waals surface area contributed by atoms with E-state index in [1.165, 1.54) is 0 Å². The Hall–Kier alpha value is -1.57. The summed E-state index contributed by atoms with van der Waals surface area (Å²) in [5, 5.41) is 0.654. The fourth-order valence-electron chi connectivity index (χ4n) is 2.93. The first-order valence-corrected chi connectivity index (χ1v) is 8.40. The smallest absolute Gasteiger partial charge is 0.245 e. The summed E-state index contributed by atoms with van der Waals surface area (Å²) in [6, 6.07) is 5.23. The molecule has 1 atom stereocenters. The third kappa shape index (κ3) is 2.41. The van der Waals surface area contributed by atoms with Crippen molar-refractivity contribution in [3.63, 3.8) is 0 Å². The molecule has 0 amide bonds. The number of H-pyrrole nitrogens is 1. The van der Waals surface area contributed by atoms with Crippen LogP contribution in [0.1, 0.15) is 6.92 Å². The molecular formula is C14H20N4O2S. The topological polar surface area (TPSA) is 82.4 Å². The van der Waals surface area contributed by atoms with E-state index in [0.29, 0.717) is 22.5 Å². The second kappa shape index (κ2) is 5.01. The van der Waals surface area contributed by atoms with E-state index in [9.17, 15) is 8.42 Å². The van der Waals surface area contributed by atoms with Crippen molar-refractivity contribution >= 4 is 26.6 Å². The number of nitrogens with one attached hydrogen (secondary N) is 1. The molecule has 3 rings (SSSR count). The van der Waals surface area contributed by atoms with Crippen LogP contribution in [0.4, 0.5) is 5.69 Å². The van der Waals surface area contributed by atoms with Gasteiger partial charge in [0, 0.05) is 48.5 Å². The predicted molar refractivity (Wildman–Crippen MR) is 83.6 cm³/mol. The fraction of sp³-hybridized carbons (Fsp3) is 0.429. The highest BCUT2D eigenvalue weighted by Gasteiger charge is 2.34. The molecule has 1 aliphatic rings. The molecule has 1 aliphatic heterocycles. The van der Waals surface area contributed by atoms with E-state index >= 15 is 0 Å². The molecule has 1 fully saturated rings. The van der Waals surface area contributed by atoms with Gasteiger partial charge in [0.15, 0.2) is 0 Å². The number of aromatic nitrogens is 1. The van der Waals surface area contributed by atoms with E-state index in [1.807, 2.05) is 14.0 Å². The first-order valence-electron chi connectivity index (χ1n) is 6.96. The van der Waals surface area contributed by atoms with Gasteiger partial charge in [-0.1, -0.05) is 0 Å². The van der Waals surface area contributed by atoms with Gasteiger partial charge in [-0.15, -0.1) is 0 Å². The van der Waals surface area contributed by atoms with E-state index in [0.717, 1.165) is 18.6 Å². The van der Waals surface area contributed by atoms with Crippen LogP contribution >= 0.6 is 0 Å². The summed E-state index contributed by atoms with van der Waals surface area (Å²) < 4.78 is 27.5. The van der Waals surface area contributed by atoms with Gasteiger partial charge in [-0.05, 0) is 32.2 Å². The first kappa shape index (κ1) is 14.4. The predicted octanol–water partition coefficient (Wildman–Crippen LogP) is 1.07. The number of fused-ring (bicyclic) bond motifs is 1. The zero-order chi connectivity index (χ0) is 15.2. The number of benzene rings is 1. The SMILES string of the molecule is CC1CN(C)CCN1S(=O)(=O)c1c[nH]c2ccc(N)cc12. The van der Waals surface area contributed by atoms with Gasteiger partial charge in [0.05, 0.1) is 0 Å². The van der Waals surface area contributed by atoms with E-state index in [4.69, 9.17) is 5.73 Å². The van der Waals surface area contributed by atoms with E-state index < -0.39 is 10.0 Å². The van der Waals surface area contributed by atoms with Gasteiger partial charge in [0.25, 0.3) is 0 Å². The summed E-state index contributed by atoms with van der Waals surface area (Å²) >= 11 is 0. The number of hydrogen-bond donors (Lipinski definition) is 2. The zero-order valence-electron chi connectivity index (χ0n) is 12.2. The van der Waals surface area contributed by atoms with Crippen LogP contribution in [0.3, 0.4) is 0 Å². The maximum absolute atomic E-state index is 12.9. The summed E-state index contributed by atoms with van der Waals surface area (Å²) in [5.41, 5.74) is 7.13. The summed E-state index contributed by atoms with van der Waals surface area (Å²) in [6.45, 7) is 3.93. The molecule has 3 N–H and O–H groups in total. The number of anilines is 1. The number of rotatable bonds is 2. The van der Waals surface area contributed by atoms with E-state index in [2.05, 4.69) is 9.88 Å². The molecule has 21 heavy (non-hydrogen) atoms. The zero-order valence-corrected chi connectivity index (χ0v) is 13.0. The number of sulfonamides is 1. The van der Waals surface area contributed by atoms with Gasteiger partial charge >= 0.3 is 0 Å². The summed E-state index contributed by atoms with van der Waals surface area (Å²) in [7, 11) is -1.51. The molecule has 0 spiro atoms. The van der Waals surface area contributed by atoms with Gasteiger partial charge in [-0.25, -0.2) is 8.42 Å². The quantitative estimate of drug-likeness (QED) is 0.813. The summed E-state index contributed by atoms with van der Waals surface area (Å²) in [4.78, 5) is 5.46. The van der Waals surface area contributed by atoms with Crippen LogP contribution in [0.5, 0.6) is 0 Å². The summed E-state index contributed by atoms with van der Waals surface area (Å²) in [6.07, 6.45) is 1.56. The lowest BCUT2D eigenvalue weighted by Crippen LogP contribution is -2.52. The van der Waals surface area contributed by atoms with Gasteiger partial charge in [0.1, 0.15) is 4.90 Å². The molecule has 7 heteroatoms. The maximum Gasteiger partial charge on any atom is 0.245 e. The molecule has 1 saturated heterocycles. The molecule has 114 valence electrons. The standard InChI is InChI=1S/C14H20N4O2S/c1-10-9-17(2)5-6-18(10)21(19,20)14-8-16-13-4-3-11(15)7-12(13)14/h3-4,7-8,10,16H,5-6,9,15H2,1-2H3. The average molecular weight is 308 g/mol. The molecule has 0 aliphatic carbocycles. The number of nitrogen functional groups attached to an aromatic ring is 1. The van der Waals surface area contributed by atoms with Crippen LogP contribution in [-0.2, 0) is 10.0 Å². The number of nitrogens with two attached hydrogens (primary N) is 1. The molecular weight excluding hydrogens is 288 g/mol. The van der Waals surface area contributed by atoms with Crippen LogP contribution < -0.4 is 5.73 Å². The fourth-order valence-corrected chi connectivity index (χ4v) is 4.70. The lowest BCUT2D eigenvalue weighted by atomic mass is 10.2. The Bertz CT molecular complexity index is 768. The highest BCUT2D eigenvalue weighted by atomic mass is 32.2. The van der Waals surface area contributed by atoms with Crippen molar-refractivity contribution < 1.29 is 8.42 Å². The second-order valence-electron chi connectivity index (χ2n) is 5.68. The van der Waals surface area contributed by atoms with E-state index in [-0.39, 0.29) is 6.04 Å². The number of likely N-dealkylation sites (N-methyl/N-ethyl adjacent to an activating group) is 1. The summed E-state index contributed by atoms with van der Waals surface area (Å²) in [5.74, 6) is 0. The van der Waals surface area contributed by atoms with Crippen molar-refractivity contribution in [3.05, 3.63) is 24.4 Å². The molecule has 1 aromatic carbocycles. The van der Waals surface area contributed by atoms with Crippen molar-refractivity contribution in [2.45, 2.75) is 17.9 Å². The van der Waals surface area contributed by atoms with Gasteiger partial charge < -0.3 is 15.6 Å². The Kier molecular flexibility index (Phi) is 3.43. The molecule has 1 unspecified atom stereocenters. The van der Waals surface area contributed by atoms with Crippen LogP contribution in [0.2, 0.25) is 0 Å². The number of hydrogen-bond acceptors (Lipinski definition) is 4. The first-order chi connectivity index (χ1) is 9.89. The van der Waals surface area contributed by atoms with Crippen molar-refractivity contribution in [1.82, 2.24) is 14.2 Å². The Morgan fingerprint density at radius 1 is 1.33 bits per heavy atom. The monoisotopic (exact) mass is 308 g/mol. The number of nitrogens with zero attached hydrogens (tertiary/aromatic N) is 2. The normalized spacial score (nSPS) is 21.9. The van der Waals surface area contributed by atoms with Gasteiger partial charge in [-0.3, -0.25) is 0 Å². The van der Waals surface area contributed by atoms with Crippen molar-refractivity contribution in [3.8, 4) is 0 Å². The Morgan fingerprint density at radius 2 is 2.10 bits per heavy atom. The largest absolute Gasteiger partial charge is 0.399 e. The van der Waals surface area contributed by atoms with Crippen LogP contribution in [0.15, 0.2) is 29.3 Å². The Balaban J connectivity index is 2.06. The van der Waals surface area contributed by atoms with Crippen LogP contribution in [0.25, 0.3) is 10.9 Å². The lowest BCUT2D eigenvalue weighted by molar-refractivity contribution is 0.170. The molecule has 6 nitrogen and oxygen atoms in total. The van der Waals surface area contributed by atoms with Crippen LogP contribution in [0, 0.1) is 0 Å². The third-order valence-electron chi connectivity index (χ3n) is 4.02. The minimum atomic E-state index is -3.51. The Labute approximate surface area is 124 Å². The molecule has 2 aromatic rings.